The molecule has 0 fully saturated rings. The Kier molecular flexibility index (Phi) is 4.46. The largest absolute Gasteiger partial charge is 0.326 e. The average Bonchev–Trinajstić information content (AvgIpc) is 2.93. The summed E-state index contributed by atoms with van der Waals surface area (Å²) in [5.74, 6) is 1.00. The molecule has 0 aliphatic rings. The van der Waals surface area contributed by atoms with E-state index in [9.17, 15) is 0 Å². The van der Waals surface area contributed by atoms with Gasteiger partial charge in [0.15, 0.2) is 0 Å². The van der Waals surface area contributed by atoms with Gasteiger partial charge in [-0.05, 0) is 29.5 Å². The second-order valence-corrected chi connectivity index (χ2v) is 7.53. The molecule has 3 rings (SSSR count). The molecule has 0 saturated heterocycles. The zero-order valence-electron chi connectivity index (χ0n) is 15.1. The van der Waals surface area contributed by atoms with Gasteiger partial charge in [-0.3, -0.25) is 0 Å². The van der Waals surface area contributed by atoms with Gasteiger partial charge in [0, 0.05) is 18.2 Å². The highest BCUT2D eigenvalue weighted by Gasteiger charge is 2.16. The zero-order valence-corrected chi connectivity index (χ0v) is 15.1. The predicted molar refractivity (Wildman–Crippen MR) is 102 cm³/mol. The molecule has 0 radical (unpaired) electrons. The number of aromatic nitrogens is 2. The van der Waals surface area contributed by atoms with E-state index in [2.05, 4.69) is 74.7 Å². The first-order valence-electron chi connectivity index (χ1n) is 8.72. The van der Waals surface area contributed by atoms with Gasteiger partial charge in [-0.1, -0.05) is 64.1 Å². The maximum Gasteiger partial charge on any atom is 0.141 e. The molecule has 0 saturated carbocycles. The number of fused-ring (bicyclic) bond motifs is 1. The smallest absolute Gasteiger partial charge is 0.141 e. The van der Waals surface area contributed by atoms with Crippen molar-refractivity contribution in [1.29, 1.82) is 0 Å². The summed E-state index contributed by atoms with van der Waals surface area (Å²) in [6.07, 6.45) is 0.953. The minimum atomic E-state index is 0.134. The van der Waals surface area contributed by atoms with Crippen LogP contribution in [0.4, 0.5) is 0 Å². The Hall–Kier alpha value is -2.13. The fourth-order valence-corrected chi connectivity index (χ4v) is 2.96. The average molecular weight is 321 g/mol. The molecule has 0 spiro atoms. The number of nitrogens with zero attached hydrogens (tertiary/aromatic N) is 2. The van der Waals surface area contributed by atoms with Gasteiger partial charge >= 0.3 is 0 Å². The van der Waals surface area contributed by atoms with Crippen LogP contribution in [0.5, 0.6) is 0 Å². The van der Waals surface area contributed by atoms with Crippen molar-refractivity contribution in [1.82, 2.24) is 9.55 Å². The van der Waals surface area contributed by atoms with Crippen molar-refractivity contribution in [3.05, 3.63) is 54.1 Å². The molecule has 0 amide bonds. The zero-order chi connectivity index (χ0) is 17.3. The molecule has 1 heterocycles. The first kappa shape index (κ1) is 16.7. The van der Waals surface area contributed by atoms with E-state index in [1.807, 2.05) is 6.07 Å². The van der Waals surface area contributed by atoms with Crippen LogP contribution < -0.4 is 5.73 Å². The number of imidazole rings is 1. The van der Waals surface area contributed by atoms with E-state index in [-0.39, 0.29) is 11.5 Å². The Morgan fingerprint density at radius 3 is 2.33 bits per heavy atom. The molecule has 2 aromatic carbocycles. The summed E-state index contributed by atoms with van der Waals surface area (Å²) in [6.45, 7) is 9.61. The Bertz CT molecular complexity index is 822. The summed E-state index contributed by atoms with van der Waals surface area (Å²) < 4.78 is 2.26. The number of para-hydroxylation sites is 2. The molecular formula is C21H27N3. The van der Waals surface area contributed by atoms with Gasteiger partial charge in [-0.15, -0.1) is 0 Å². The Balaban J connectivity index is 2.09. The Morgan fingerprint density at radius 2 is 1.71 bits per heavy atom. The minimum Gasteiger partial charge on any atom is -0.326 e. The van der Waals surface area contributed by atoms with E-state index in [0.717, 1.165) is 35.4 Å². The first-order valence-corrected chi connectivity index (χ1v) is 8.72. The highest BCUT2D eigenvalue weighted by Crippen LogP contribution is 2.28. The fraction of sp³-hybridized carbons (Fsp3) is 0.381. The van der Waals surface area contributed by atoms with Crippen LogP contribution >= 0.6 is 0 Å². The van der Waals surface area contributed by atoms with Crippen molar-refractivity contribution in [3.63, 3.8) is 0 Å². The molecule has 0 aliphatic carbocycles. The second kappa shape index (κ2) is 6.40. The number of hydrogen-bond donors (Lipinski definition) is 1. The normalized spacial score (nSPS) is 13.4. The summed E-state index contributed by atoms with van der Waals surface area (Å²) >= 11 is 0. The molecule has 0 bridgehead atoms. The van der Waals surface area contributed by atoms with Crippen molar-refractivity contribution in [2.75, 3.05) is 0 Å². The number of rotatable bonds is 4. The molecule has 3 aromatic rings. The third kappa shape index (κ3) is 3.22. The third-order valence-corrected chi connectivity index (χ3v) is 4.61. The predicted octanol–water partition coefficient (Wildman–Crippen LogP) is 4.74. The summed E-state index contributed by atoms with van der Waals surface area (Å²) in [7, 11) is 0. The van der Waals surface area contributed by atoms with Gasteiger partial charge in [-0.25, -0.2) is 4.98 Å². The molecule has 3 nitrogen and oxygen atoms in total. The monoisotopic (exact) mass is 321 g/mol. The summed E-state index contributed by atoms with van der Waals surface area (Å²) in [4.78, 5) is 4.87. The van der Waals surface area contributed by atoms with Gasteiger partial charge in [0.25, 0.3) is 0 Å². The topological polar surface area (TPSA) is 43.8 Å². The Morgan fingerprint density at radius 1 is 1.04 bits per heavy atom. The third-order valence-electron chi connectivity index (χ3n) is 4.61. The van der Waals surface area contributed by atoms with E-state index < -0.39 is 0 Å². The van der Waals surface area contributed by atoms with Crippen molar-refractivity contribution in [2.24, 2.45) is 5.73 Å². The molecular weight excluding hydrogens is 294 g/mol. The van der Waals surface area contributed by atoms with Crippen LogP contribution in [0.25, 0.3) is 22.4 Å². The molecule has 0 aliphatic heterocycles. The highest BCUT2D eigenvalue weighted by atomic mass is 15.1. The number of hydrogen-bond acceptors (Lipinski definition) is 2. The van der Waals surface area contributed by atoms with Crippen molar-refractivity contribution in [2.45, 2.75) is 52.1 Å². The molecule has 1 unspecified atom stereocenters. The van der Waals surface area contributed by atoms with E-state index in [0.29, 0.717) is 0 Å². The second-order valence-electron chi connectivity index (χ2n) is 7.53. The molecule has 2 N–H and O–H groups in total. The minimum absolute atomic E-state index is 0.134. The van der Waals surface area contributed by atoms with Gasteiger partial charge in [-0.2, -0.15) is 0 Å². The molecule has 126 valence electrons. The van der Waals surface area contributed by atoms with Crippen LogP contribution in [-0.4, -0.2) is 15.6 Å². The summed E-state index contributed by atoms with van der Waals surface area (Å²) in [5.41, 5.74) is 11.0. The lowest BCUT2D eigenvalue weighted by Gasteiger charge is -2.19. The van der Waals surface area contributed by atoms with Crippen molar-refractivity contribution < 1.29 is 0 Å². The standard InChI is InChI=1S/C21H27N3/c1-5-17(22)14-24-19-9-7-6-8-18(19)23-20(24)15-10-12-16(13-11-15)21(2,3)4/h6-13,17H,5,14,22H2,1-4H3. The fourth-order valence-electron chi connectivity index (χ4n) is 2.96. The van der Waals surface area contributed by atoms with Crippen LogP contribution in [0.1, 0.15) is 39.7 Å². The maximum absolute atomic E-state index is 6.23. The van der Waals surface area contributed by atoms with E-state index >= 15 is 0 Å². The van der Waals surface area contributed by atoms with Crippen LogP contribution in [-0.2, 0) is 12.0 Å². The van der Waals surface area contributed by atoms with E-state index in [4.69, 9.17) is 10.7 Å². The highest BCUT2D eigenvalue weighted by molar-refractivity contribution is 5.80. The Labute approximate surface area is 144 Å². The molecule has 1 atom stereocenters. The van der Waals surface area contributed by atoms with Gasteiger partial charge in [0.05, 0.1) is 11.0 Å². The SMILES string of the molecule is CCC(N)Cn1c(-c2ccc(C(C)(C)C)cc2)nc2ccccc21. The summed E-state index contributed by atoms with van der Waals surface area (Å²) in [5, 5.41) is 0. The lowest BCUT2D eigenvalue weighted by Crippen LogP contribution is -2.25. The van der Waals surface area contributed by atoms with E-state index in [1.54, 1.807) is 0 Å². The van der Waals surface area contributed by atoms with Crippen molar-refractivity contribution >= 4 is 11.0 Å². The molecule has 1 aromatic heterocycles. The number of benzene rings is 2. The molecule has 24 heavy (non-hydrogen) atoms. The lowest BCUT2D eigenvalue weighted by atomic mass is 9.87. The number of nitrogens with two attached hydrogens (primary N) is 1. The summed E-state index contributed by atoms with van der Waals surface area (Å²) in [6, 6.07) is 17.2. The van der Waals surface area contributed by atoms with Crippen LogP contribution in [0.2, 0.25) is 0 Å². The maximum atomic E-state index is 6.23. The molecule has 3 heteroatoms. The van der Waals surface area contributed by atoms with Crippen molar-refractivity contribution in [3.8, 4) is 11.4 Å². The van der Waals surface area contributed by atoms with E-state index in [1.165, 1.54) is 5.56 Å². The van der Waals surface area contributed by atoms with Gasteiger partial charge in [0.1, 0.15) is 5.82 Å². The quantitative estimate of drug-likeness (QED) is 0.754. The van der Waals surface area contributed by atoms with Gasteiger partial charge < -0.3 is 10.3 Å². The van der Waals surface area contributed by atoms with Crippen LogP contribution in [0.15, 0.2) is 48.5 Å². The lowest BCUT2D eigenvalue weighted by molar-refractivity contribution is 0.551. The van der Waals surface area contributed by atoms with Gasteiger partial charge in [0.2, 0.25) is 0 Å². The van der Waals surface area contributed by atoms with Crippen LogP contribution in [0.3, 0.4) is 0 Å². The van der Waals surface area contributed by atoms with Crippen LogP contribution in [0, 0.1) is 0 Å². The first-order chi connectivity index (χ1) is 11.4.